The number of amides is 1. The summed E-state index contributed by atoms with van der Waals surface area (Å²) in [4.78, 5) is 29.0. The first-order chi connectivity index (χ1) is 21.1. The smallest absolute Gasteiger partial charge is 0.340 e. The fourth-order valence-corrected chi connectivity index (χ4v) is 7.80. The van der Waals surface area contributed by atoms with Crippen LogP contribution in [-0.2, 0) is 21.3 Å². The first kappa shape index (κ1) is 31.9. The first-order valence-corrected chi connectivity index (χ1v) is 17.0. The molecule has 1 aliphatic carbocycles. The molecule has 0 unspecified atom stereocenters. The van der Waals surface area contributed by atoms with Gasteiger partial charge in [-0.3, -0.25) is 9.69 Å². The summed E-state index contributed by atoms with van der Waals surface area (Å²) in [6, 6.07) is 23.0. The van der Waals surface area contributed by atoms with E-state index in [4.69, 9.17) is 4.74 Å². The highest BCUT2D eigenvalue weighted by Crippen LogP contribution is 2.36. The van der Waals surface area contributed by atoms with Crippen molar-refractivity contribution in [3.63, 3.8) is 0 Å². The van der Waals surface area contributed by atoms with E-state index < -0.39 is 21.9 Å². The third-order valence-corrected chi connectivity index (χ3v) is 10.8. The zero-order chi connectivity index (χ0) is 31.3. The molecule has 1 saturated carbocycles. The summed E-state index contributed by atoms with van der Waals surface area (Å²) >= 11 is 0. The Morgan fingerprint density at radius 1 is 0.909 bits per heavy atom. The van der Waals surface area contributed by atoms with Gasteiger partial charge in [0.2, 0.25) is 10.0 Å². The summed E-state index contributed by atoms with van der Waals surface area (Å²) in [5.74, 6) is 0.222. The van der Waals surface area contributed by atoms with Crippen molar-refractivity contribution in [2.24, 2.45) is 17.8 Å². The largest absolute Gasteiger partial charge is 0.458 e. The van der Waals surface area contributed by atoms with Crippen LogP contribution in [0.4, 0.5) is 5.69 Å². The van der Waals surface area contributed by atoms with Gasteiger partial charge in [-0.25, -0.2) is 13.2 Å². The maximum absolute atomic E-state index is 13.5. The summed E-state index contributed by atoms with van der Waals surface area (Å²) in [5.41, 5.74) is 1.99. The zero-order valence-electron chi connectivity index (χ0n) is 25.8. The average molecular weight is 618 g/mol. The first-order valence-electron chi connectivity index (χ1n) is 15.6. The minimum Gasteiger partial charge on any atom is -0.458 e. The van der Waals surface area contributed by atoms with Gasteiger partial charge in [-0.15, -0.1) is 0 Å². The van der Waals surface area contributed by atoms with E-state index in [1.165, 1.54) is 22.0 Å². The van der Waals surface area contributed by atoms with Crippen molar-refractivity contribution in [1.29, 1.82) is 0 Å². The van der Waals surface area contributed by atoms with Crippen LogP contribution in [0.5, 0.6) is 0 Å². The van der Waals surface area contributed by atoms with E-state index in [1.54, 1.807) is 36.4 Å². The molecule has 1 amide bonds. The number of hydrogen-bond donors (Lipinski definition) is 1. The van der Waals surface area contributed by atoms with E-state index in [-0.39, 0.29) is 22.1 Å². The molecule has 8 nitrogen and oxygen atoms in total. The number of rotatable bonds is 9. The Bertz CT molecular complexity index is 1550. The van der Waals surface area contributed by atoms with E-state index in [9.17, 15) is 18.0 Å². The molecule has 1 aliphatic heterocycles. The molecule has 5 rings (SSSR count). The van der Waals surface area contributed by atoms with E-state index in [2.05, 4.69) is 43.1 Å². The van der Waals surface area contributed by atoms with Gasteiger partial charge in [0.05, 0.1) is 16.1 Å². The predicted octanol–water partition coefficient (Wildman–Crippen LogP) is 6.06. The summed E-state index contributed by atoms with van der Waals surface area (Å²) < 4.78 is 34.6. The second-order valence-corrected chi connectivity index (χ2v) is 14.4. The number of nitrogens with zero attached hydrogens (tertiary/aromatic N) is 2. The van der Waals surface area contributed by atoms with Crippen molar-refractivity contribution in [2.45, 2.75) is 57.6 Å². The van der Waals surface area contributed by atoms with Gasteiger partial charge < -0.3 is 10.1 Å². The third-order valence-electron chi connectivity index (χ3n) is 8.93. The molecule has 2 fully saturated rings. The van der Waals surface area contributed by atoms with Crippen LogP contribution in [0.15, 0.2) is 83.8 Å². The number of piperazine rings is 1. The average Bonchev–Trinajstić information content (AvgIpc) is 3.02. The quantitative estimate of drug-likeness (QED) is 0.293. The van der Waals surface area contributed by atoms with Crippen LogP contribution < -0.4 is 5.32 Å². The molecule has 0 aromatic heterocycles. The maximum atomic E-state index is 13.5. The van der Waals surface area contributed by atoms with Crippen LogP contribution in [0.2, 0.25) is 0 Å². The van der Waals surface area contributed by atoms with E-state index in [1.807, 2.05) is 18.2 Å². The van der Waals surface area contributed by atoms with Gasteiger partial charge in [-0.1, -0.05) is 75.7 Å². The highest BCUT2D eigenvalue weighted by atomic mass is 32.2. The van der Waals surface area contributed by atoms with Crippen molar-refractivity contribution >= 4 is 27.6 Å². The van der Waals surface area contributed by atoms with Crippen molar-refractivity contribution < 1.29 is 22.7 Å². The number of esters is 1. The summed E-state index contributed by atoms with van der Waals surface area (Å²) in [7, 11) is -3.79. The van der Waals surface area contributed by atoms with Gasteiger partial charge in [0.15, 0.2) is 0 Å². The van der Waals surface area contributed by atoms with E-state index in [0.717, 1.165) is 25.8 Å². The molecule has 0 spiro atoms. The lowest BCUT2D eigenvalue weighted by molar-refractivity contribution is -0.0173. The molecule has 234 valence electrons. The van der Waals surface area contributed by atoms with Crippen LogP contribution in [-0.4, -0.2) is 61.8 Å². The summed E-state index contributed by atoms with van der Waals surface area (Å²) in [6.07, 6.45) is 2.81. The number of para-hydroxylation sites is 1. The molecule has 1 N–H and O–H groups in total. The van der Waals surface area contributed by atoms with Crippen molar-refractivity contribution in [3.05, 3.63) is 95.6 Å². The summed E-state index contributed by atoms with van der Waals surface area (Å²) in [6.45, 7) is 9.28. The minimum atomic E-state index is -3.79. The lowest BCUT2D eigenvalue weighted by Gasteiger charge is -2.36. The molecule has 44 heavy (non-hydrogen) atoms. The molecular formula is C35H43N3O5S. The molecule has 9 heteroatoms. The molecule has 3 aromatic rings. The molecule has 1 heterocycles. The number of anilines is 1. The number of benzene rings is 3. The lowest BCUT2D eigenvalue weighted by atomic mass is 9.75. The highest BCUT2D eigenvalue weighted by molar-refractivity contribution is 7.89. The molecule has 3 atom stereocenters. The molecule has 0 bridgehead atoms. The lowest BCUT2D eigenvalue weighted by Crippen LogP contribution is -2.48. The van der Waals surface area contributed by atoms with Gasteiger partial charge in [0.1, 0.15) is 6.10 Å². The van der Waals surface area contributed by atoms with Gasteiger partial charge in [0, 0.05) is 38.3 Å². The molecule has 1 saturated heterocycles. The Morgan fingerprint density at radius 3 is 2.34 bits per heavy atom. The van der Waals surface area contributed by atoms with Crippen LogP contribution in [0, 0.1) is 17.8 Å². The molecular weight excluding hydrogens is 574 g/mol. The Labute approximate surface area is 261 Å². The van der Waals surface area contributed by atoms with Gasteiger partial charge in [-0.05, 0) is 66.5 Å². The second kappa shape index (κ2) is 14.1. The van der Waals surface area contributed by atoms with Gasteiger partial charge >= 0.3 is 5.97 Å². The van der Waals surface area contributed by atoms with E-state index >= 15 is 0 Å². The highest BCUT2D eigenvalue weighted by Gasteiger charge is 2.34. The Hall–Kier alpha value is -3.53. The third kappa shape index (κ3) is 7.57. The minimum absolute atomic E-state index is 0.0699. The van der Waals surface area contributed by atoms with Crippen molar-refractivity contribution in [1.82, 2.24) is 9.21 Å². The number of nitrogens with one attached hydrogen (secondary N) is 1. The predicted molar refractivity (Wildman–Crippen MR) is 172 cm³/mol. The molecule has 2 aliphatic rings. The molecule has 3 aromatic carbocycles. The number of ether oxygens (including phenoxy) is 1. The van der Waals surface area contributed by atoms with Crippen LogP contribution in [0.3, 0.4) is 0 Å². The van der Waals surface area contributed by atoms with Crippen LogP contribution in [0.1, 0.15) is 66.3 Å². The van der Waals surface area contributed by atoms with E-state index in [0.29, 0.717) is 49.6 Å². The normalized spacial score (nSPS) is 21.6. The Kier molecular flexibility index (Phi) is 10.2. The standard InChI is InChI=1S/C35H43N3O5S/c1-25(2)30-17-16-26(3)22-33(30)43-35(40)31-14-7-8-15-32(31)36-34(39)28-12-9-13-29(23-28)44(41,42)38-20-18-37(19-21-38)24-27-10-5-4-6-11-27/h4-15,23,25-26,30,33H,16-22,24H2,1-3H3,(H,36,39)/t26-,30-,33-/m1/s1. The number of carbonyl (C=O) groups is 2. The maximum Gasteiger partial charge on any atom is 0.340 e. The Balaban J connectivity index is 1.25. The second-order valence-electron chi connectivity index (χ2n) is 12.5. The van der Waals surface area contributed by atoms with Crippen molar-refractivity contribution in [2.75, 3.05) is 31.5 Å². The van der Waals surface area contributed by atoms with Gasteiger partial charge in [0.25, 0.3) is 5.91 Å². The number of sulfonamides is 1. The topological polar surface area (TPSA) is 96.0 Å². The number of hydrogen-bond acceptors (Lipinski definition) is 6. The zero-order valence-corrected chi connectivity index (χ0v) is 26.6. The molecule has 0 radical (unpaired) electrons. The monoisotopic (exact) mass is 617 g/mol. The number of carbonyl (C=O) groups excluding carboxylic acids is 2. The Morgan fingerprint density at radius 2 is 1.61 bits per heavy atom. The van der Waals surface area contributed by atoms with Crippen LogP contribution in [0.25, 0.3) is 0 Å². The van der Waals surface area contributed by atoms with Crippen LogP contribution >= 0.6 is 0 Å². The fourth-order valence-electron chi connectivity index (χ4n) is 6.33. The van der Waals surface area contributed by atoms with Gasteiger partial charge in [-0.2, -0.15) is 4.31 Å². The summed E-state index contributed by atoms with van der Waals surface area (Å²) in [5, 5.41) is 2.82. The van der Waals surface area contributed by atoms with Crippen molar-refractivity contribution in [3.8, 4) is 0 Å². The SMILES string of the molecule is CC(C)[C@H]1CC[C@@H](C)C[C@H]1OC(=O)c1ccccc1NC(=O)c1cccc(S(=O)(=O)N2CCN(Cc3ccccc3)CC2)c1. The fraction of sp³-hybridized carbons (Fsp3) is 0.429.